The number of likely N-dealkylation sites (tertiary alicyclic amines) is 1. The highest BCUT2D eigenvalue weighted by Gasteiger charge is 2.45. The van der Waals surface area contributed by atoms with Gasteiger partial charge in [0, 0.05) is 26.2 Å². The molecule has 170 valence electrons. The first-order valence-electron chi connectivity index (χ1n) is 10.2. The van der Waals surface area contributed by atoms with Crippen molar-refractivity contribution in [3.8, 4) is 11.5 Å². The van der Waals surface area contributed by atoms with E-state index in [1.54, 1.807) is 17.0 Å². The van der Waals surface area contributed by atoms with Gasteiger partial charge in [-0.15, -0.1) is 10.2 Å². The summed E-state index contributed by atoms with van der Waals surface area (Å²) in [6.07, 6.45) is 2.00. The summed E-state index contributed by atoms with van der Waals surface area (Å²) in [5.41, 5.74) is -0.933. The van der Waals surface area contributed by atoms with E-state index < -0.39 is 27.3 Å². The fourth-order valence-corrected chi connectivity index (χ4v) is 4.46. The number of nitrogens with zero attached hydrogens (tertiary/aromatic N) is 4. The molecule has 1 saturated heterocycles. The van der Waals surface area contributed by atoms with E-state index in [9.17, 15) is 13.2 Å². The van der Waals surface area contributed by atoms with E-state index in [-0.39, 0.29) is 10.8 Å². The van der Waals surface area contributed by atoms with Crippen LogP contribution in [0.25, 0.3) is 11.5 Å². The molecule has 0 bridgehead atoms. The zero-order valence-electron chi connectivity index (χ0n) is 18.9. The van der Waals surface area contributed by atoms with Crippen molar-refractivity contribution in [1.82, 2.24) is 19.4 Å². The molecule has 0 spiro atoms. The van der Waals surface area contributed by atoms with Crippen LogP contribution in [0.4, 0.5) is 4.79 Å². The van der Waals surface area contributed by atoms with E-state index >= 15 is 0 Å². The van der Waals surface area contributed by atoms with Crippen molar-refractivity contribution in [1.29, 1.82) is 0 Å². The largest absolute Gasteiger partial charge is 0.444 e. The summed E-state index contributed by atoms with van der Waals surface area (Å²) in [6.45, 7) is 7.89. The Morgan fingerprint density at radius 1 is 1.23 bits per heavy atom. The predicted octanol–water partition coefficient (Wildman–Crippen LogP) is 3.62. The summed E-state index contributed by atoms with van der Waals surface area (Å²) >= 11 is 0. The van der Waals surface area contributed by atoms with Gasteiger partial charge in [-0.1, -0.05) is 6.07 Å². The second-order valence-corrected chi connectivity index (χ2v) is 11.2. The molecule has 3 rings (SSSR count). The van der Waals surface area contributed by atoms with Crippen molar-refractivity contribution in [2.45, 2.75) is 63.0 Å². The third-order valence-corrected chi connectivity index (χ3v) is 7.06. The number of carbonyl (C=O) groups excluding carboxylic acids is 1. The highest BCUT2D eigenvalue weighted by atomic mass is 32.2. The average Bonchev–Trinajstić information content (AvgIpc) is 3.18. The minimum atomic E-state index is -3.60. The third kappa shape index (κ3) is 4.74. The van der Waals surface area contributed by atoms with E-state index in [4.69, 9.17) is 9.15 Å². The summed E-state index contributed by atoms with van der Waals surface area (Å²) in [4.78, 5) is 14.6. The molecule has 0 radical (unpaired) electrons. The minimum Gasteiger partial charge on any atom is -0.444 e. The minimum absolute atomic E-state index is 0.133. The van der Waals surface area contributed by atoms with Crippen molar-refractivity contribution < 1.29 is 22.4 Å². The Morgan fingerprint density at radius 3 is 2.58 bits per heavy atom. The fraction of sp³-hybridized carbons (Fsp3) is 0.571. The molecule has 1 amide bonds. The van der Waals surface area contributed by atoms with Crippen molar-refractivity contribution in [2.24, 2.45) is 0 Å². The molecule has 1 fully saturated rings. The number of sulfonamides is 1. The lowest BCUT2D eigenvalue weighted by Gasteiger charge is -2.42. The number of hydrogen-bond acceptors (Lipinski definition) is 7. The molecule has 1 aromatic heterocycles. The van der Waals surface area contributed by atoms with Crippen LogP contribution < -0.4 is 0 Å². The smallest absolute Gasteiger partial charge is 0.411 e. The Labute approximate surface area is 183 Å². The normalized spacial score (nSPS) is 20.2. The van der Waals surface area contributed by atoms with Crippen LogP contribution in [0.3, 0.4) is 0 Å². The molecule has 31 heavy (non-hydrogen) atoms. The molecule has 0 saturated carbocycles. The van der Waals surface area contributed by atoms with Gasteiger partial charge in [0.1, 0.15) is 11.1 Å². The summed E-state index contributed by atoms with van der Waals surface area (Å²) in [7, 11) is -0.648. The summed E-state index contributed by atoms with van der Waals surface area (Å²) in [5.74, 6) is 0.496. The average molecular weight is 451 g/mol. The second kappa shape index (κ2) is 8.23. The number of aromatic nitrogens is 2. The SMILES string of the molecule is CN(C)S(=O)(=O)c1cccc(-c2nnc([C@]3(C)CCCCN3C(=O)OC(C)(C)C)o2)c1. The van der Waals surface area contributed by atoms with Crippen molar-refractivity contribution >= 4 is 16.1 Å². The van der Waals surface area contributed by atoms with Crippen LogP contribution in [0.1, 0.15) is 52.8 Å². The van der Waals surface area contributed by atoms with E-state index in [0.29, 0.717) is 24.4 Å². The highest BCUT2D eigenvalue weighted by molar-refractivity contribution is 7.89. The molecule has 1 aromatic carbocycles. The van der Waals surface area contributed by atoms with Gasteiger partial charge < -0.3 is 9.15 Å². The Bertz CT molecular complexity index is 1060. The van der Waals surface area contributed by atoms with Crippen LogP contribution >= 0.6 is 0 Å². The lowest BCUT2D eigenvalue weighted by atomic mass is 9.88. The maximum atomic E-state index is 12.8. The van der Waals surface area contributed by atoms with Gasteiger partial charge in [-0.3, -0.25) is 4.90 Å². The molecule has 0 aliphatic carbocycles. The van der Waals surface area contributed by atoms with E-state index in [0.717, 1.165) is 17.1 Å². The predicted molar refractivity (Wildman–Crippen MR) is 115 cm³/mol. The number of carbonyl (C=O) groups is 1. The summed E-state index contributed by atoms with van der Waals surface area (Å²) < 4.78 is 37.6. The van der Waals surface area contributed by atoms with E-state index in [2.05, 4.69) is 10.2 Å². The molecule has 9 nitrogen and oxygen atoms in total. The molecule has 10 heteroatoms. The van der Waals surface area contributed by atoms with Crippen molar-refractivity contribution in [2.75, 3.05) is 20.6 Å². The fourth-order valence-electron chi connectivity index (χ4n) is 3.51. The molecule has 1 aliphatic heterocycles. The molecular weight excluding hydrogens is 420 g/mol. The van der Waals surface area contributed by atoms with Gasteiger partial charge in [-0.25, -0.2) is 17.5 Å². The molecule has 0 unspecified atom stereocenters. The molecular formula is C21H30N4O5S. The number of ether oxygens (including phenoxy) is 1. The maximum Gasteiger partial charge on any atom is 0.411 e. The van der Waals surface area contributed by atoms with Gasteiger partial charge in [-0.05, 0) is 65.2 Å². The Hall–Kier alpha value is -2.46. The monoisotopic (exact) mass is 450 g/mol. The Kier molecular flexibility index (Phi) is 6.16. The zero-order chi connectivity index (χ0) is 23.0. The Morgan fingerprint density at radius 2 is 1.94 bits per heavy atom. The first-order chi connectivity index (χ1) is 14.3. The van der Waals surface area contributed by atoms with Crippen LogP contribution in [-0.2, 0) is 20.3 Å². The van der Waals surface area contributed by atoms with Crippen LogP contribution in [0, 0.1) is 0 Å². The maximum absolute atomic E-state index is 12.8. The van der Waals surface area contributed by atoms with Crippen LogP contribution in [-0.4, -0.2) is 60.2 Å². The first-order valence-corrected chi connectivity index (χ1v) is 11.7. The number of hydrogen-bond donors (Lipinski definition) is 0. The van der Waals surface area contributed by atoms with Gasteiger partial charge in [-0.2, -0.15) is 0 Å². The zero-order valence-corrected chi connectivity index (χ0v) is 19.7. The Balaban J connectivity index is 1.94. The molecule has 1 aliphatic rings. The molecule has 0 N–H and O–H groups in total. The van der Waals surface area contributed by atoms with Crippen LogP contribution in [0.5, 0.6) is 0 Å². The molecule has 1 atom stereocenters. The van der Waals surface area contributed by atoms with Gasteiger partial charge >= 0.3 is 6.09 Å². The van der Waals surface area contributed by atoms with Crippen molar-refractivity contribution in [3.63, 3.8) is 0 Å². The van der Waals surface area contributed by atoms with Crippen LogP contribution in [0.15, 0.2) is 33.6 Å². The molecule has 2 heterocycles. The van der Waals surface area contributed by atoms with E-state index in [1.165, 1.54) is 26.2 Å². The lowest BCUT2D eigenvalue weighted by molar-refractivity contribution is -0.0198. The highest BCUT2D eigenvalue weighted by Crippen LogP contribution is 2.38. The lowest BCUT2D eigenvalue weighted by Crippen LogP contribution is -2.52. The second-order valence-electron chi connectivity index (χ2n) is 9.09. The van der Waals surface area contributed by atoms with E-state index in [1.807, 2.05) is 27.7 Å². The van der Waals surface area contributed by atoms with Gasteiger partial charge in [0.05, 0.1) is 4.90 Å². The van der Waals surface area contributed by atoms with Crippen molar-refractivity contribution in [3.05, 3.63) is 30.2 Å². The topological polar surface area (TPSA) is 106 Å². The number of rotatable bonds is 4. The van der Waals surface area contributed by atoms with Gasteiger partial charge in [0.2, 0.25) is 21.8 Å². The summed E-state index contributed by atoms with van der Waals surface area (Å²) in [6, 6.07) is 6.36. The first kappa shape index (κ1) is 23.2. The standard InChI is InChI=1S/C21H30N4O5S/c1-20(2,3)30-19(26)25-13-8-7-12-21(25,4)18-23-22-17(29-18)15-10-9-11-16(14-15)31(27,28)24(5)6/h9-11,14H,7-8,12-13H2,1-6H3/t21-/m0/s1. The number of piperidine rings is 1. The number of benzene rings is 1. The van der Waals surface area contributed by atoms with Gasteiger partial charge in [0.15, 0.2) is 0 Å². The number of amides is 1. The van der Waals surface area contributed by atoms with Gasteiger partial charge in [0.25, 0.3) is 0 Å². The van der Waals surface area contributed by atoms with Crippen LogP contribution in [0.2, 0.25) is 0 Å². The quantitative estimate of drug-likeness (QED) is 0.700. The third-order valence-electron chi connectivity index (χ3n) is 5.25. The molecule has 2 aromatic rings. The summed E-state index contributed by atoms with van der Waals surface area (Å²) in [5, 5.41) is 8.36.